The van der Waals surface area contributed by atoms with Gasteiger partial charge in [-0.05, 0) is 12.6 Å². The summed E-state index contributed by atoms with van der Waals surface area (Å²) in [5, 5.41) is 18.1. The predicted octanol–water partition coefficient (Wildman–Crippen LogP) is 0.602. The fraction of sp³-hybridized carbons (Fsp3) is 1.00. The van der Waals surface area contributed by atoms with Gasteiger partial charge >= 0.3 is 0 Å². The van der Waals surface area contributed by atoms with Crippen molar-refractivity contribution in [2.45, 2.75) is 25.0 Å². The molecule has 0 radical (unpaired) electrons. The fourth-order valence-electron chi connectivity index (χ4n) is 0.687. The largest absolute Gasteiger partial charge is 0.393 e. The number of hydrogen-bond donors (Lipinski definition) is 2. The highest BCUT2D eigenvalue weighted by Gasteiger charge is 2.08. The maximum atomic E-state index is 9.12. The van der Waals surface area contributed by atoms with Crippen molar-refractivity contribution < 1.29 is 10.2 Å². The normalized spacial score (nSPS) is 16.8. The summed E-state index contributed by atoms with van der Waals surface area (Å²) in [6, 6.07) is 0. The van der Waals surface area contributed by atoms with E-state index in [0.29, 0.717) is 12.8 Å². The van der Waals surface area contributed by atoms with Crippen molar-refractivity contribution in [1.29, 1.82) is 0 Å². The van der Waals surface area contributed by atoms with Crippen LogP contribution in [0.25, 0.3) is 0 Å². The minimum absolute atomic E-state index is 0.202. The predicted molar refractivity (Wildman–Crippen MR) is 46.5 cm³/mol. The molecule has 2 nitrogen and oxygen atoms in total. The van der Waals surface area contributed by atoms with Gasteiger partial charge in [0.2, 0.25) is 0 Å². The van der Waals surface area contributed by atoms with Crippen molar-refractivity contribution in [2.24, 2.45) is 0 Å². The van der Waals surface area contributed by atoms with E-state index in [9.17, 15) is 0 Å². The summed E-state index contributed by atoms with van der Waals surface area (Å²) in [6.07, 6.45) is 0.978. The van der Waals surface area contributed by atoms with Crippen LogP contribution in [0.5, 0.6) is 0 Å². The van der Waals surface area contributed by atoms with Gasteiger partial charge in [-0.2, -0.15) is 0 Å². The van der Waals surface area contributed by atoms with Crippen LogP contribution in [-0.4, -0.2) is 34.5 Å². The number of rotatable bonds is 5. The topological polar surface area (TPSA) is 40.5 Å². The van der Waals surface area contributed by atoms with Crippen LogP contribution < -0.4 is 0 Å². The Labute approximate surface area is 68.8 Å². The zero-order valence-corrected chi connectivity index (χ0v) is 7.74. The lowest BCUT2D eigenvalue weighted by Gasteiger charge is -2.11. The molecular formula is C6H14ClO2P. The summed E-state index contributed by atoms with van der Waals surface area (Å²) >= 11 is 5.33. The molecule has 0 fully saturated rings. The van der Waals surface area contributed by atoms with Gasteiger partial charge in [0.25, 0.3) is 0 Å². The molecule has 10 heavy (non-hydrogen) atoms. The van der Waals surface area contributed by atoms with Crippen LogP contribution in [0.1, 0.15) is 12.8 Å². The van der Waals surface area contributed by atoms with Gasteiger partial charge in [-0.15, -0.1) is 20.8 Å². The minimum Gasteiger partial charge on any atom is -0.393 e. The van der Waals surface area contributed by atoms with Crippen molar-refractivity contribution in [3.63, 3.8) is 0 Å². The summed E-state index contributed by atoms with van der Waals surface area (Å²) in [5.41, 5.74) is 0. The highest BCUT2D eigenvalue weighted by molar-refractivity contribution is 7.16. The number of alkyl halides is 1. The van der Waals surface area contributed by atoms with E-state index in [1.807, 2.05) is 0 Å². The van der Waals surface area contributed by atoms with Gasteiger partial charge in [-0.1, -0.05) is 0 Å². The maximum Gasteiger partial charge on any atom is 0.0700 e. The second kappa shape index (κ2) is 6.36. The summed E-state index contributed by atoms with van der Waals surface area (Å²) in [4.78, 5) is 0. The lowest BCUT2D eigenvalue weighted by Crippen LogP contribution is -2.19. The number of aliphatic hydroxyl groups is 2. The highest BCUT2D eigenvalue weighted by atomic mass is 35.5. The zero-order valence-electron chi connectivity index (χ0n) is 5.83. The molecule has 0 rings (SSSR count). The lowest BCUT2D eigenvalue weighted by atomic mass is 10.1. The third-order valence-corrected chi connectivity index (χ3v) is 1.91. The van der Waals surface area contributed by atoms with Gasteiger partial charge in [0.15, 0.2) is 0 Å². The van der Waals surface area contributed by atoms with Gasteiger partial charge in [0.1, 0.15) is 0 Å². The monoisotopic (exact) mass is 184 g/mol. The van der Waals surface area contributed by atoms with E-state index < -0.39 is 12.2 Å². The number of hydrogen-bond acceptors (Lipinski definition) is 2. The van der Waals surface area contributed by atoms with Gasteiger partial charge in [-0.3, -0.25) is 0 Å². The van der Waals surface area contributed by atoms with Crippen LogP contribution in [0.4, 0.5) is 0 Å². The summed E-state index contributed by atoms with van der Waals surface area (Å²) in [5.74, 6) is 0.202. The average molecular weight is 185 g/mol. The summed E-state index contributed by atoms with van der Waals surface area (Å²) in [7, 11) is 2.53. The Morgan fingerprint density at radius 2 is 1.90 bits per heavy atom. The van der Waals surface area contributed by atoms with Crippen molar-refractivity contribution in [2.75, 3.05) is 12.0 Å². The second-order valence-electron chi connectivity index (χ2n) is 2.28. The average Bonchev–Trinajstić information content (AvgIpc) is 1.88. The summed E-state index contributed by atoms with van der Waals surface area (Å²) in [6.45, 7) is 0. The second-order valence-corrected chi connectivity index (χ2v) is 3.16. The molecule has 2 N–H and O–H groups in total. The van der Waals surface area contributed by atoms with Crippen molar-refractivity contribution in [3.8, 4) is 0 Å². The van der Waals surface area contributed by atoms with Gasteiger partial charge in [-0.25, -0.2) is 0 Å². The van der Waals surface area contributed by atoms with E-state index in [1.165, 1.54) is 0 Å². The first-order valence-corrected chi connectivity index (χ1v) is 4.68. The Kier molecular flexibility index (Phi) is 6.76. The Morgan fingerprint density at radius 3 is 2.30 bits per heavy atom. The van der Waals surface area contributed by atoms with E-state index in [-0.39, 0.29) is 5.88 Å². The van der Waals surface area contributed by atoms with Crippen LogP contribution in [0.3, 0.4) is 0 Å². The molecule has 0 aliphatic rings. The molecule has 0 spiro atoms. The van der Waals surface area contributed by atoms with E-state index in [4.69, 9.17) is 21.8 Å². The van der Waals surface area contributed by atoms with E-state index >= 15 is 0 Å². The molecule has 62 valence electrons. The highest BCUT2D eigenvalue weighted by Crippen LogP contribution is 2.05. The fourth-order valence-corrected chi connectivity index (χ4v) is 1.20. The quantitative estimate of drug-likeness (QED) is 0.485. The third-order valence-electron chi connectivity index (χ3n) is 1.22. The minimum atomic E-state index is -0.562. The van der Waals surface area contributed by atoms with Crippen LogP contribution in [0, 0.1) is 0 Å². The lowest BCUT2D eigenvalue weighted by molar-refractivity contribution is 0.0907. The molecule has 4 heteroatoms. The molecule has 0 aromatic rings. The van der Waals surface area contributed by atoms with E-state index in [2.05, 4.69) is 9.24 Å². The van der Waals surface area contributed by atoms with Crippen LogP contribution in [-0.2, 0) is 0 Å². The Balaban J connectivity index is 3.27. The first-order chi connectivity index (χ1) is 4.70. The molecule has 0 bridgehead atoms. The van der Waals surface area contributed by atoms with Gasteiger partial charge < -0.3 is 10.2 Å². The maximum absolute atomic E-state index is 9.12. The molecule has 1 unspecified atom stereocenters. The van der Waals surface area contributed by atoms with Crippen molar-refractivity contribution >= 4 is 20.8 Å². The molecule has 0 aliphatic carbocycles. The van der Waals surface area contributed by atoms with Crippen molar-refractivity contribution in [3.05, 3.63) is 0 Å². The van der Waals surface area contributed by atoms with Crippen LogP contribution in [0.15, 0.2) is 0 Å². The van der Waals surface area contributed by atoms with Crippen molar-refractivity contribution in [1.82, 2.24) is 0 Å². The molecule has 0 amide bonds. The first-order valence-electron chi connectivity index (χ1n) is 3.32. The standard InChI is InChI=1S/C6H14ClO2P/c7-4-6(9)3-5(8)1-2-10/h5-6,8-9H,1-4,10H2/t5-,6+/m1/s1. The smallest absolute Gasteiger partial charge is 0.0700 e. The van der Waals surface area contributed by atoms with Gasteiger partial charge in [0.05, 0.1) is 12.2 Å². The molecular weight excluding hydrogens is 170 g/mol. The molecule has 0 aromatic carbocycles. The molecule has 0 saturated carbocycles. The SMILES string of the molecule is O[C@H](CCl)C[C@H](O)CCP. The van der Waals surface area contributed by atoms with Crippen LogP contribution >= 0.6 is 20.8 Å². The zero-order chi connectivity index (χ0) is 7.98. The number of aliphatic hydroxyl groups excluding tert-OH is 2. The first kappa shape index (κ1) is 10.6. The number of halogens is 1. The molecule has 0 aliphatic heterocycles. The Morgan fingerprint density at radius 1 is 1.30 bits per heavy atom. The Bertz CT molecular complexity index is 82.1. The molecule has 0 aromatic heterocycles. The molecule has 0 saturated heterocycles. The molecule has 0 heterocycles. The molecule has 3 atom stereocenters. The van der Waals surface area contributed by atoms with E-state index in [1.54, 1.807) is 0 Å². The third kappa shape index (κ3) is 5.43. The van der Waals surface area contributed by atoms with Crippen LogP contribution in [0.2, 0.25) is 0 Å². The Hall–Kier alpha value is 0.640. The van der Waals surface area contributed by atoms with E-state index in [0.717, 1.165) is 6.16 Å². The van der Waals surface area contributed by atoms with Gasteiger partial charge in [0, 0.05) is 12.3 Å². The summed E-state index contributed by atoms with van der Waals surface area (Å²) < 4.78 is 0.